The highest BCUT2D eigenvalue weighted by Crippen LogP contribution is 2.33. The molecule has 1 aromatic heterocycles. The van der Waals surface area contributed by atoms with Gasteiger partial charge >= 0.3 is 0 Å². The number of fused-ring (bicyclic) bond motifs is 1. The molecule has 0 radical (unpaired) electrons. The number of aryl methyl sites for hydroxylation is 1. The molecule has 2 saturated heterocycles. The molecule has 24 heavy (non-hydrogen) atoms. The first kappa shape index (κ1) is 15.6. The number of hydrogen-bond acceptors (Lipinski definition) is 3. The average molecular weight is 327 g/mol. The maximum Gasteiger partial charge on any atom is 0.225 e. The van der Waals surface area contributed by atoms with E-state index in [1.54, 1.807) is 0 Å². The number of rotatable bonds is 3. The van der Waals surface area contributed by atoms with Gasteiger partial charge in [-0.3, -0.25) is 4.79 Å². The predicted octanol–water partition coefficient (Wildman–Crippen LogP) is 3.20. The molecule has 0 saturated carbocycles. The van der Waals surface area contributed by atoms with Crippen LogP contribution in [0.5, 0.6) is 0 Å². The number of benzene rings is 1. The zero-order valence-corrected chi connectivity index (χ0v) is 14.3. The molecule has 0 spiro atoms. The molecule has 2 fully saturated rings. The van der Waals surface area contributed by atoms with Crippen molar-refractivity contribution in [3.63, 3.8) is 0 Å². The number of likely N-dealkylation sites (tertiary alicyclic amines) is 1. The lowest BCUT2D eigenvalue weighted by Crippen LogP contribution is -2.40. The van der Waals surface area contributed by atoms with Gasteiger partial charge in [-0.2, -0.15) is 0 Å². The Morgan fingerprint density at radius 1 is 1.25 bits per heavy atom. The Morgan fingerprint density at radius 3 is 2.92 bits per heavy atom. The second-order valence-electron chi connectivity index (χ2n) is 6.96. The molecule has 128 valence electrons. The predicted molar refractivity (Wildman–Crippen MR) is 92.6 cm³/mol. The minimum atomic E-state index is 0.0880. The maximum atomic E-state index is 12.9. The molecular weight excluding hydrogens is 302 g/mol. The van der Waals surface area contributed by atoms with Crippen LogP contribution in [0.15, 0.2) is 24.3 Å². The van der Waals surface area contributed by atoms with E-state index < -0.39 is 0 Å². The van der Waals surface area contributed by atoms with E-state index >= 15 is 0 Å². The van der Waals surface area contributed by atoms with Crippen LogP contribution in [0, 0.1) is 0 Å². The van der Waals surface area contributed by atoms with E-state index in [1.165, 1.54) is 0 Å². The van der Waals surface area contributed by atoms with E-state index in [0.29, 0.717) is 6.42 Å². The van der Waals surface area contributed by atoms with Gasteiger partial charge in [0.25, 0.3) is 0 Å². The van der Waals surface area contributed by atoms with E-state index in [4.69, 9.17) is 9.72 Å². The summed E-state index contributed by atoms with van der Waals surface area (Å²) in [5.41, 5.74) is 2.14. The first-order chi connectivity index (χ1) is 11.7. The van der Waals surface area contributed by atoms with Crippen molar-refractivity contribution in [1.29, 1.82) is 0 Å². The Morgan fingerprint density at radius 2 is 2.12 bits per heavy atom. The van der Waals surface area contributed by atoms with Crippen LogP contribution in [-0.4, -0.2) is 39.6 Å². The number of amides is 1. The van der Waals surface area contributed by atoms with Gasteiger partial charge in [0.15, 0.2) is 0 Å². The molecule has 5 nitrogen and oxygen atoms in total. The standard InChI is InChI=1S/C19H25N3O2/c1-21-16-9-3-2-8-15(16)20-19(21)17-10-4-5-11-22(17)18(23)13-14-7-6-12-24-14/h2-3,8-9,14,17H,4-7,10-13H2,1H3/t14-,17+/m0/s1. The van der Waals surface area contributed by atoms with Crippen LogP contribution in [0.2, 0.25) is 0 Å². The van der Waals surface area contributed by atoms with E-state index in [0.717, 1.165) is 62.1 Å². The lowest BCUT2D eigenvalue weighted by Gasteiger charge is -2.35. The van der Waals surface area contributed by atoms with Crippen molar-refractivity contribution in [1.82, 2.24) is 14.5 Å². The van der Waals surface area contributed by atoms with Gasteiger partial charge in [-0.1, -0.05) is 12.1 Å². The van der Waals surface area contributed by atoms with Gasteiger partial charge in [-0.15, -0.1) is 0 Å². The van der Waals surface area contributed by atoms with Gasteiger partial charge in [-0.25, -0.2) is 4.98 Å². The molecular formula is C19H25N3O2. The van der Waals surface area contributed by atoms with Crippen LogP contribution in [0.25, 0.3) is 11.0 Å². The number of carbonyl (C=O) groups excluding carboxylic acids is 1. The van der Waals surface area contributed by atoms with Gasteiger partial charge in [0.2, 0.25) is 5.91 Å². The number of nitrogens with zero attached hydrogens (tertiary/aromatic N) is 3. The quantitative estimate of drug-likeness (QED) is 0.870. The Kier molecular flexibility index (Phi) is 4.27. The molecule has 2 aliphatic heterocycles. The van der Waals surface area contributed by atoms with Crippen molar-refractivity contribution in [3.05, 3.63) is 30.1 Å². The van der Waals surface area contributed by atoms with Crippen molar-refractivity contribution >= 4 is 16.9 Å². The molecule has 0 unspecified atom stereocenters. The summed E-state index contributed by atoms with van der Waals surface area (Å²) in [4.78, 5) is 19.8. The van der Waals surface area contributed by atoms with E-state index in [2.05, 4.69) is 17.7 Å². The number of piperidine rings is 1. The zero-order chi connectivity index (χ0) is 16.5. The summed E-state index contributed by atoms with van der Waals surface area (Å²) in [6.45, 7) is 1.63. The number of aromatic nitrogens is 2. The highest BCUT2D eigenvalue weighted by molar-refractivity contribution is 5.78. The van der Waals surface area contributed by atoms with Gasteiger partial charge in [-0.05, 0) is 44.2 Å². The van der Waals surface area contributed by atoms with Crippen molar-refractivity contribution < 1.29 is 9.53 Å². The largest absolute Gasteiger partial charge is 0.378 e. The van der Waals surface area contributed by atoms with Gasteiger partial charge in [0.05, 0.1) is 29.6 Å². The van der Waals surface area contributed by atoms with Gasteiger partial charge < -0.3 is 14.2 Å². The average Bonchev–Trinajstić information content (AvgIpc) is 3.23. The van der Waals surface area contributed by atoms with Crippen LogP contribution in [0.4, 0.5) is 0 Å². The third kappa shape index (κ3) is 2.81. The fraction of sp³-hybridized carbons (Fsp3) is 0.579. The molecule has 0 N–H and O–H groups in total. The van der Waals surface area contributed by atoms with Crippen LogP contribution in [-0.2, 0) is 16.6 Å². The van der Waals surface area contributed by atoms with Crippen LogP contribution < -0.4 is 0 Å². The van der Waals surface area contributed by atoms with Gasteiger partial charge in [0.1, 0.15) is 5.82 Å². The van der Waals surface area contributed by atoms with Crippen LogP contribution in [0.1, 0.15) is 50.4 Å². The number of imidazole rings is 1. The fourth-order valence-electron chi connectivity index (χ4n) is 4.08. The third-order valence-corrected chi connectivity index (χ3v) is 5.37. The summed E-state index contributed by atoms with van der Waals surface area (Å²) >= 11 is 0. The topological polar surface area (TPSA) is 47.4 Å². The Labute approximate surface area is 142 Å². The van der Waals surface area contributed by atoms with E-state index in [-0.39, 0.29) is 18.1 Å². The third-order valence-electron chi connectivity index (χ3n) is 5.37. The molecule has 5 heteroatoms. The van der Waals surface area contributed by atoms with Gasteiger partial charge in [0, 0.05) is 20.2 Å². The number of ether oxygens (including phenoxy) is 1. The molecule has 4 rings (SSSR count). The monoisotopic (exact) mass is 327 g/mol. The van der Waals surface area contributed by atoms with Crippen molar-refractivity contribution in [2.45, 2.75) is 50.7 Å². The molecule has 1 aromatic carbocycles. The Balaban J connectivity index is 1.60. The lowest BCUT2D eigenvalue weighted by molar-refractivity contribution is -0.137. The number of carbonyl (C=O) groups is 1. The van der Waals surface area contributed by atoms with Crippen molar-refractivity contribution in [2.24, 2.45) is 7.05 Å². The number of para-hydroxylation sites is 2. The lowest BCUT2D eigenvalue weighted by atomic mass is 10.00. The Bertz CT molecular complexity index is 733. The van der Waals surface area contributed by atoms with Crippen LogP contribution >= 0.6 is 0 Å². The minimum absolute atomic E-state index is 0.0880. The molecule has 0 aliphatic carbocycles. The second-order valence-corrected chi connectivity index (χ2v) is 6.96. The molecule has 1 amide bonds. The van der Waals surface area contributed by atoms with Crippen molar-refractivity contribution in [2.75, 3.05) is 13.2 Å². The molecule has 2 aromatic rings. The normalized spacial score (nSPS) is 24.6. The summed E-state index contributed by atoms with van der Waals surface area (Å²) in [6, 6.07) is 8.27. The zero-order valence-electron chi connectivity index (χ0n) is 14.3. The smallest absolute Gasteiger partial charge is 0.225 e. The maximum absolute atomic E-state index is 12.9. The minimum Gasteiger partial charge on any atom is -0.378 e. The fourth-order valence-corrected chi connectivity index (χ4v) is 4.08. The Hall–Kier alpha value is -1.88. The SMILES string of the molecule is Cn1c([C@H]2CCCCN2C(=O)C[C@@H]2CCCO2)nc2ccccc21. The first-order valence-corrected chi connectivity index (χ1v) is 9.06. The molecule has 3 heterocycles. The summed E-state index contributed by atoms with van der Waals surface area (Å²) in [6.07, 6.45) is 5.94. The highest BCUT2D eigenvalue weighted by Gasteiger charge is 2.32. The van der Waals surface area contributed by atoms with E-state index in [9.17, 15) is 4.79 Å². The summed E-state index contributed by atoms with van der Waals surface area (Å²) in [5.74, 6) is 1.23. The highest BCUT2D eigenvalue weighted by atomic mass is 16.5. The molecule has 0 bridgehead atoms. The van der Waals surface area contributed by atoms with Crippen molar-refractivity contribution in [3.8, 4) is 0 Å². The second kappa shape index (κ2) is 6.55. The first-order valence-electron chi connectivity index (χ1n) is 9.06. The number of hydrogen-bond donors (Lipinski definition) is 0. The summed E-state index contributed by atoms with van der Waals surface area (Å²) in [7, 11) is 2.06. The summed E-state index contributed by atoms with van der Waals surface area (Å²) < 4.78 is 7.81. The van der Waals surface area contributed by atoms with Crippen LogP contribution in [0.3, 0.4) is 0 Å². The summed E-state index contributed by atoms with van der Waals surface area (Å²) in [5, 5.41) is 0. The molecule has 2 atom stereocenters. The molecule has 2 aliphatic rings. The van der Waals surface area contributed by atoms with E-state index in [1.807, 2.05) is 23.1 Å².